The molecule has 0 saturated heterocycles. The van der Waals surface area contributed by atoms with Crippen LogP contribution in [0.3, 0.4) is 0 Å². The summed E-state index contributed by atoms with van der Waals surface area (Å²) >= 11 is 0. The van der Waals surface area contributed by atoms with Crippen LogP contribution in [0.1, 0.15) is 38.3 Å². The molecule has 0 bridgehead atoms. The monoisotopic (exact) mass is 326 g/mol. The van der Waals surface area contributed by atoms with E-state index in [1.807, 2.05) is 13.8 Å². The van der Waals surface area contributed by atoms with Crippen LogP contribution < -0.4 is 0 Å². The number of likely N-dealkylation sites (N-methyl/N-ethyl adjacent to an activating group) is 1. The van der Waals surface area contributed by atoms with Crippen LogP contribution in [-0.4, -0.2) is 67.5 Å². The molecule has 0 aliphatic heterocycles. The first-order valence-electron chi connectivity index (χ1n) is 7.55. The molecule has 0 aliphatic carbocycles. The number of nitro groups is 1. The predicted octanol–water partition coefficient (Wildman–Crippen LogP) is 0.537. The van der Waals surface area contributed by atoms with Gasteiger partial charge >= 0.3 is 17.7 Å². The maximum Gasteiger partial charge on any atom is 0.491 e. The third-order valence-corrected chi connectivity index (χ3v) is 3.47. The molecule has 0 radical (unpaired) electrons. The minimum atomic E-state index is -0.780. The van der Waals surface area contributed by atoms with Crippen LogP contribution in [-0.2, 0) is 11.3 Å². The third kappa shape index (κ3) is 4.24. The summed E-state index contributed by atoms with van der Waals surface area (Å²) in [7, 11) is 0. The van der Waals surface area contributed by atoms with Gasteiger partial charge in [0, 0.05) is 31.3 Å². The first-order valence-corrected chi connectivity index (χ1v) is 7.55. The number of hydrogen-bond donors (Lipinski definition) is 0. The second kappa shape index (κ2) is 8.20. The summed E-state index contributed by atoms with van der Waals surface area (Å²) in [6.07, 6.45) is 0. The van der Waals surface area contributed by atoms with Crippen LogP contribution in [0.25, 0.3) is 0 Å². The molecule has 1 heterocycles. The number of hydrogen-bond acceptors (Lipinski definition) is 6. The average molecular weight is 326 g/mol. The van der Waals surface area contributed by atoms with Crippen molar-refractivity contribution in [2.75, 3.05) is 26.2 Å². The molecule has 10 heteroatoms. The molecule has 0 N–H and O–H groups in total. The number of amides is 2. The number of nitrogens with zero attached hydrogens (tertiary/aromatic N) is 6. The highest BCUT2D eigenvalue weighted by Gasteiger charge is 2.31. The van der Waals surface area contributed by atoms with Crippen molar-refractivity contribution in [2.45, 2.75) is 34.2 Å². The maximum absolute atomic E-state index is 12.4. The first-order chi connectivity index (χ1) is 10.9. The summed E-state index contributed by atoms with van der Waals surface area (Å²) in [6.45, 7) is 8.84. The van der Waals surface area contributed by atoms with E-state index in [-0.39, 0.29) is 18.3 Å². The fourth-order valence-corrected chi connectivity index (χ4v) is 2.13. The molecule has 0 fully saturated rings. The molecule has 0 spiro atoms. The number of carbonyl (C=O) groups is 2. The zero-order chi connectivity index (χ0) is 17.6. The number of rotatable bonds is 8. The van der Waals surface area contributed by atoms with E-state index in [4.69, 9.17) is 0 Å². The quantitative estimate of drug-likeness (QED) is 0.508. The van der Waals surface area contributed by atoms with Gasteiger partial charge in [-0.25, -0.2) is 0 Å². The van der Waals surface area contributed by atoms with Gasteiger partial charge in [0.05, 0.1) is 0 Å². The SMILES string of the molecule is CCN(CC)C(=O)Cn1nc([N+](=O)[O-])nc1C(=O)N(CC)CC. The fraction of sp³-hybridized carbons (Fsp3) is 0.692. The summed E-state index contributed by atoms with van der Waals surface area (Å²) < 4.78 is 1.01. The van der Waals surface area contributed by atoms with Gasteiger partial charge in [-0.15, -0.1) is 0 Å². The molecule has 2 amide bonds. The van der Waals surface area contributed by atoms with Crippen molar-refractivity contribution in [3.05, 3.63) is 15.9 Å². The van der Waals surface area contributed by atoms with Crippen LogP contribution in [0.5, 0.6) is 0 Å². The van der Waals surface area contributed by atoms with Gasteiger partial charge in [-0.2, -0.15) is 4.68 Å². The van der Waals surface area contributed by atoms with E-state index < -0.39 is 16.8 Å². The first kappa shape index (κ1) is 18.5. The fourth-order valence-electron chi connectivity index (χ4n) is 2.13. The van der Waals surface area contributed by atoms with Gasteiger partial charge in [0.15, 0.2) is 0 Å². The van der Waals surface area contributed by atoms with Gasteiger partial charge in [-0.1, -0.05) is 0 Å². The molecular weight excluding hydrogens is 304 g/mol. The van der Waals surface area contributed by atoms with Gasteiger partial charge in [0.2, 0.25) is 5.91 Å². The van der Waals surface area contributed by atoms with Crippen molar-refractivity contribution in [1.29, 1.82) is 0 Å². The van der Waals surface area contributed by atoms with E-state index >= 15 is 0 Å². The number of aromatic nitrogens is 3. The Labute approximate surface area is 134 Å². The summed E-state index contributed by atoms with van der Waals surface area (Å²) in [5.74, 6) is -1.64. The summed E-state index contributed by atoms with van der Waals surface area (Å²) in [5, 5.41) is 14.6. The largest absolute Gasteiger partial charge is 0.491 e. The van der Waals surface area contributed by atoms with Crippen molar-refractivity contribution >= 4 is 17.8 Å². The molecule has 1 aromatic heterocycles. The Bertz CT molecular complexity index is 577. The molecule has 0 saturated carbocycles. The average Bonchev–Trinajstić information content (AvgIpc) is 2.93. The van der Waals surface area contributed by atoms with Gasteiger partial charge < -0.3 is 19.9 Å². The van der Waals surface area contributed by atoms with E-state index in [1.165, 1.54) is 4.90 Å². The summed E-state index contributed by atoms with van der Waals surface area (Å²) in [6, 6.07) is 0. The second-order valence-corrected chi connectivity index (χ2v) is 4.69. The molecule has 0 aromatic carbocycles. The molecular formula is C13H22N6O4. The second-order valence-electron chi connectivity index (χ2n) is 4.69. The number of carbonyl (C=O) groups excluding carboxylic acids is 2. The van der Waals surface area contributed by atoms with Gasteiger partial charge in [0.1, 0.15) is 6.54 Å². The van der Waals surface area contributed by atoms with E-state index in [2.05, 4.69) is 10.1 Å². The van der Waals surface area contributed by atoms with Crippen LogP contribution >= 0.6 is 0 Å². The van der Waals surface area contributed by atoms with E-state index in [9.17, 15) is 19.7 Å². The molecule has 1 aromatic rings. The van der Waals surface area contributed by atoms with Crippen molar-refractivity contribution < 1.29 is 14.5 Å². The lowest BCUT2D eigenvalue weighted by atomic mass is 10.4. The molecule has 1 rings (SSSR count). The normalized spacial score (nSPS) is 10.4. The van der Waals surface area contributed by atoms with Crippen molar-refractivity contribution in [3.8, 4) is 0 Å². The Morgan fingerprint density at radius 1 is 1.09 bits per heavy atom. The summed E-state index contributed by atoms with van der Waals surface area (Å²) in [4.78, 5) is 41.4. The minimum absolute atomic E-state index is 0.194. The Balaban J connectivity index is 3.17. The van der Waals surface area contributed by atoms with Crippen LogP contribution in [0.4, 0.5) is 5.95 Å². The van der Waals surface area contributed by atoms with E-state index in [0.29, 0.717) is 26.2 Å². The highest BCUT2D eigenvalue weighted by molar-refractivity contribution is 5.91. The van der Waals surface area contributed by atoms with Gasteiger partial charge in [0.25, 0.3) is 0 Å². The molecule has 128 valence electrons. The minimum Gasteiger partial charge on any atom is -0.390 e. The van der Waals surface area contributed by atoms with Gasteiger partial charge in [-0.05, 0) is 37.6 Å². The van der Waals surface area contributed by atoms with E-state index in [1.54, 1.807) is 18.7 Å². The van der Waals surface area contributed by atoms with Crippen molar-refractivity contribution in [2.24, 2.45) is 0 Å². The summed E-state index contributed by atoms with van der Waals surface area (Å²) in [5.41, 5.74) is 0. The van der Waals surface area contributed by atoms with E-state index in [0.717, 1.165) is 4.68 Å². The molecule has 0 atom stereocenters. The third-order valence-electron chi connectivity index (χ3n) is 3.47. The van der Waals surface area contributed by atoms with Crippen LogP contribution in [0.2, 0.25) is 0 Å². The van der Waals surface area contributed by atoms with Crippen LogP contribution in [0.15, 0.2) is 0 Å². The Morgan fingerprint density at radius 3 is 2.04 bits per heavy atom. The highest BCUT2D eigenvalue weighted by atomic mass is 16.6. The smallest absolute Gasteiger partial charge is 0.390 e. The Morgan fingerprint density at radius 2 is 1.61 bits per heavy atom. The lowest BCUT2D eigenvalue weighted by Crippen LogP contribution is -2.37. The topological polar surface area (TPSA) is 114 Å². The van der Waals surface area contributed by atoms with Gasteiger partial charge in [-0.3, -0.25) is 9.59 Å². The predicted molar refractivity (Wildman–Crippen MR) is 81.9 cm³/mol. The van der Waals surface area contributed by atoms with Crippen molar-refractivity contribution in [3.63, 3.8) is 0 Å². The Hall–Kier alpha value is -2.52. The molecule has 23 heavy (non-hydrogen) atoms. The molecule has 0 unspecified atom stereocenters. The standard InChI is InChI=1S/C13H22N6O4/c1-5-16(6-2)10(20)9-18-11(12(21)17(7-3)8-4)14-13(15-18)19(22)23/h5-9H2,1-4H3. The lowest BCUT2D eigenvalue weighted by molar-refractivity contribution is -0.394. The zero-order valence-electron chi connectivity index (χ0n) is 13.9. The lowest BCUT2D eigenvalue weighted by Gasteiger charge is -2.19. The zero-order valence-corrected chi connectivity index (χ0v) is 13.9. The highest BCUT2D eigenvalue weighted by Crippen LogP contribution is 2.10. The van der Waals surface area contributed by atoms with Crippen molar-refractivity contribution in [1.82, 2.24) is 24.6 Å². The molecule has 10 nitrogen and oxygen atoms in total. The van der Waals surface area contributed by atoms with Crippen LogP contribution in [0, 0.1) is 10.1 Å². The molecule has 0 aliphatic rings. The Kier molecular flexibility index (Phi) is 6.61. The maximum atomic E-state index is 12.4.